The molecule has 1 fully saturated rings. The van der Waals surface area contributed by atoms with Crippen LogP contribution >= 0.6 is 0 Å². The van der Waals surface area contributed by atoms with Crippen LogP contribution in [0.5, 0.6) is 5.75 Å². The van der Waals surface area contributed by atoms with Crippen molar-refractivity contribution in [2.75, 3.05) is 25.0 Å². The summed E-state index contributed by atoms with van der Waals surface area (Å²) in [6.45, 7) is 0.396. The Labute approximate surface area is 179 Å². The Hall–Kier alpha value is -3.05. The molecule has 0 saturated carbocycles. The molecular formula is C20H22FN3O6S. The number of ether oxygens (including phenoxy) is 1. The van der Waals surface area contributed by atoms with Crippen LogP contribution in [-0.2, 0) is 14.8 Å². The lowest BCUT2D eigenvalue weighted by atomic mass is 10.2. The summed E-state index contributed by atoms with van der Waals surface area (Å²) in [5.74, 6) is -1.73. The molecule has 9 nitrogen and oxygen atoms in total. The van der Waals surface area contributed by atoms with Crippen molar-refractivity contribution in [3.05, 3.63) is 58.4 Å². The molecule has 1 heterocycles. The average Bonchev–Trinajstić information content (AvgIpc) is 3.03. The van der Waals surface area contributed by atoms with Crippen molar-refractivity contribution in [2.24, 2.45) is 0 Å². The molecule has 0 bridgehead atoms. The molecule has 0 radical (unpaired) electrons. The molecule has 1 aliphatic heterocycles. The first kappa shape index (κ1) is 22.6. The molecule has 0 spiro atoms. The highest BCUT2D eigenvalue weighted by Crippen LogP contribution is 2.27. The van der Waals surface area contributed by atoms with Crippen LogP contribution in [0.4, 0.5) is 15.8 Å². The third-order valence-corrected chi connectivity index (χ3v) is 6.73. The summed E-state index contributed by atoms with van der Waals surface area (Å²) in [7, 11) is -3.60. The maximum absolute atomic E-state index is 13.3. The highest BCUT2D eigenvalue weighted by atomic mass is 32.2. The highest BCUT2D eigenvalue weighted by Gasteiger charge is 2.25. The van der Waals surface area contributed by atoms with Crippen LogP contribution in [0.1, 0.15) is 25.7 Å². The molecule has 1 amide bonds. The second-order valence-electron chi connectivity index (χ2n) is 7.05. The van der Waals surface area contributed by atoms with Gasteiger partial charge in [-0.3, -0.25) is 14.9 Å². The van der Waals surface area contributed by atoms with Gasteiger partial charge in [-0.2, -0.15) is 4.31 Å². The van der Waals surface area contributed by atoms with Crippen molar-refractivity contribution < 1.29 is 27.3 Å². The van der Waals surface area contributed by atoms with Crippen molar-refractivity contribution in [1.82, 2.24) is 4.31 Å². The number of anilines is 1. The number of nitrogens with zero attached hydrogens (tertiary/aromatic N) is 2. The Bertz CT molecular complexity index is 1050. The summed E-state index contributed by atoms with van der Waals surface area (Å²) in [4.78, 5) is 22.5. The molecule has 2 aromatic carbocycles. The first-order valence-corrected chi connectivity index (χ1v) is 11.2. The maximum atomic E-state index is 13.3. The number of hydrogen-bond acceptors (Lipinski definition) is 6. The minimum absolute atomic E-state index is 0.138. The smallest absolute Gasteiger partial charge is 0.311 e. The normalized spacial score (nSPS) is 15.1. The molecule has 11 heteroatoms. The minimum Gasteiger partial charge on any atom is -0.477 e. The number of nitrogens with one attached hydrogen (secondary N) is 1. The van der Waals surface area contributed by atoms with Gasteiger partial charge < -0.3 is 10.1 Å². The van der Waals surface area contributed by atoms with Crippen LogP contribution in [-0.4, -0.2) is 43.2 Å². The predicted molar refractivity (Wildman–Crippen MR) is 111 cm³/mol. The van der Waals surface area contributed by atoms with E-state index in [1.54, 1.807) is 0 Å². The van der Waals surface area contributed by atoms with Crippen molar-refractivity contribution in [2.45, 2.75) is 30.6 Å². The standard InChI is InChI=1S/C20H22FN3O6S/c21-15-5-10-18(24(26)27)19(13-15)30-14-20(25)22-16-6-8-17(9-7-16)31(28,29)23-11-3-1-2-4-12-23/h5-10,13H,1-4,11-12,14H2,(H,22,25). The number of hydrogen-bond donors (Lipinski definition) is 1. The number of amides is 1. The van der Waals surface area contributed by atoms with E-state index >= 15 is 0 Å². The number of nitro groups is 1. The number of benzene rings is 2. The lowest BCUT2D eigenvalue weighted by molar-refractivity contribution is -0.385. The van der Waals surface area contributed by atoms with Crippen LogP contribution in [0.3, 0.4) is 0 Å². The summed E-state index contributed by atoms with van der Waals surface area (Å²) >= 11 is 0. The van der Waals surface area contributed by atoms with Crippen LogP contribution in [0.2, 0.25) is 0 Å². The number of carbonyl (C=O) groups excluding carboxylic acids is 1. The van der Waals surface area contributed by atoms with Crippen LogP contribution < -0.4 is 10.1 Å². The van der Waals surface area contributed by atoms with Gasteiger partial charge in [-0.15, -0.1) is 0 Å². The molecule has 2 aromatic rings. The van der Waals surface area contributed by atoms with Crippen LogP contribution in [0.25, 0.3) is 0 Å². The first-order valence-electron chi connectivity index (χ1n) is 9.74. The zero-order valence-electron chi connectivity index (χ0n) is 16.6. The van der Waals surface area contributed by atoms with E-state index in [-0.39, 0.29) is 10.6 Å². The topological polar surface area (TPSA) is 119 Å². The van der Waals surface area contributed by atoms with Gasteiger partial charge in [0.2, 0.25) is 15.8 Å². The zero-order valence-corrected chi connectivity index (χ0v) is 17.4. The maximum Gasteiger partial charge on any atom is 0.311 e. The van der Waals surface area contributed by atoms with Crippen molar-refractivity contribution >= 4 is 27.3 Å². The molecule has 0 aliphatic carbocycles. The van der Waals surface area contributed by atoms with Gasteiger partial charge in [-0.05, 0) is 43.2 Å². The van der Waals surface area contributed by atoms with Gasteiger partial charge in [0.15, 0.2) is 6.61 Å². The lowest BCUT2D eigenvalue weighted by Gasteiger charge is -2.20. The quantitative estimate of drug-likeness (QED) is 0.510. The average molecular weight is 451 g/mol. The highest BCUT2D eigenvalue weighted by molar-refractivity contribution is 7.89. The van der Waals surface area contributed by atoms with E-state index in [9.17, 15) is 27.7 Å². The molecule has 1 saturated heterocycles. The summed E-state index contributed by atoms with van der Waals surface area (Å²) in [5.41, 5.74) is -0.130. The van der Waals surface area contributed by atoms with E-state index in [1.165, 1.54) is 28.6 Å². The Morgan fingerprint density at radius 1 is 1.10 bits per heavy atom. The summed E-state index contributed by atoms with van der Waals surface area (Å²) < 4.78 is 45.4. The second-order valence-corrected chi connectivity index (χ2v) is 8.99. The van der Waals surface area contributed by atoms with E-state index in [0.717, 1.165) is 43.9 Å². The molecule has 0 atom stereocenters. The third-order valence-electron chi connectivity index (χ3n) is 4.82. The van der Waals surface area contributed by atoms with Gasteiger partial charge in [-0.1, -0.05) is 12.8 Å². The number of sulfonamides is 1. The minimum atomic E-state index is -3.60. The van der Waals surface area contributed by atoms with Gasteiger partial charge in [0.1, 0.15) is 5.82 Å². The Morgan fingerprint density at radius 2 is 1.74 bits per heavy atom. The molecule has 1 aliphatic rings. The van der Waals surface area contributed by atoms with E-state index < -0.39 is 39.0 Å². The van der Waals surface area contributed by atoms with Crippen molar-refractivity contribution in [3.63, 3.8) is 0 Å². The molecule has 0 aromatic heterocycles. The van der Waals surface area contributed by atoms with E-state index in [4.69, 9.17) is 4.74 Å². The van der Waals surface area contributed by atoms with Gasteiger partial charge in [0.25, 0.3) is 5.91 Å². The summed E-state index contributed by atoms with van der Waals surface area (Å²) in [6.07, 6.45) is 3.68. The molecule has 166 valence electrons. The molecular weight excluding hydrogens is 429 g/mol. The predicted octanol–water partition coefficient (Wildman–Crippen LogP) is 3.32. The zero-order chi connectivity index (χ0) is 22.4. The van der Waals surface area contributed by atoms with Crippen molar-refractivity contribution in [3.8, 4) is 5.75 Å². The van der Waals surface area contributed by atoms with Gasteiger partial charge in [-0.25, -0.2) is 12.8 Å². The number of halogens is 1. The fourth-order valence-electron chi connectivity index (χ4n) is 3.24. The second kappa shape index (κ2) is 9.84. The van der Waals surface area contributed by atoms with Gasteiger partial charge in [0.05, 0.1) is 9.82 Å². The number of carbonyl (C=O) groups is 1. The molecule has 1 N–H and O–H groups in total. The monoisotopic (exact) mass is 451 g/mol. The lowest BCUT2D eigenvalue weighted by Crippen LogP contribution is -2.31. The Balaban J connectivity index is 1.62. The van der Waals surface area contributed by atoms with E-state index in [2.05, 4.69) is 5.32 Å². The Kier molecular flexibility index (Phi) is 7.18. The SMILES string of the molecule is O=C(COc1cc(F)ccc1[N+](=O)[O-])Nc1ccc(S(=O)(=O)N2CCCCCC2)cc1. The van der Waals surface area contributed by atoms with Gasteiger partial charge >= 0.3 is 5.69 Å². The van der Waals surface area contributed by atoms with E-state index in [0.29, 0.717) is 18.8 Å². The third kappa shape index (κ3) is 5.76. The Morgan fingerprint density at radius 3 is 2.35 bits per heavy atom. The molecule has 3 rings (SSSR count). The summed E-state index contributed by atoms with van der Waals surface area (Å²) in [6, 6.07) is 8.43. The number of rotatable bonds is 7. The fourth-order valence-corrected chi connectivity index (χ4v) is 4.75. The molecule has 0 unspecified atom stereocenters. The van der Waals surface area contributed by atoms with Crippen molar-refractivity contribution in [1.29, 1.82) is 0 Å². The first-order chi connectivity index (χ1) is 14.8. The number of nitro benzene ring substituents is 1. The van der Waals surface area contributed by atoms with Crippen LogP contribution in [0.15, 0.2) is 47.4 Å². The summed E-state index contributed by atoms with van der Waals surface area (Å²) in [5, 5.41) is 13.5. The van der Waals surface area contributed by atoms with E-state index in [1.807, 2.05) is 0 Å². The largest absolute Gasteiger partial charge is 0.477 e. The van der Waals surface area contributed by atoms with Gasteiger partial charge in [0, 0.05) is 30.9 Å². The molecule has 31 heavy (non-hydrogen) atoms. The van der Waals surface area contributed by atoms with Crippen LogP contribution in [0, 0.1) is 15.9 Å². The fraction of sp³-hybridized carbons (Fsp3) is 0.350.